The van der Waals surface area contributed by atoms with Gasteiger partial charge in [0.2, 0.25) is 0 Å². The average molecular weight is 270 g/mol. The Morgan fingerprint density at radius 1 is 1.21 bits per heavy atom. The fourth-order valence-electron chi connectivity index (χ4n) is 3.30. The van der Waals surface area contributed by atoms with Gasteiger partial charge in [-0.05, 0) is 30.4 Å². The van der Waals surface area contributed by atoms with Gasteiger partial charge in [-0.3, -0.25) is 0 Å². The summed E-state index contributed by atoms with van der Waals surface area (Å²) in [5.41, 5.74) is 4.40. The standard InChI is InChI=1S/C16H18N2S/c1-2-6-12-11(4-1)5-3-7-13(12)16-18-14-8-9-17-10-15(14)19-16/h1-2,4,6,13,17H,3,5,7-10H2. The van der Waals surface area contributed by atoms with Gasteiger partial charge in [0.05, 0.1) is 5.69 Å². The van der Waals surface area contributed by atoms with E-state index in [1.807, 2.05) is 11.3 Å². The summed E-state index contributed by atoms with van der Waals surface area (Å²) in [5, 5.41) is 4.79. The second-order valence-electron chi connectivity index (χ2n) is 5.49. The van der Waals surface area contributed by atoms with Crippen molar-refractivity contribution < 1.29 is 0 Å². The van der Waals surface area contributed by atoms with E-state index in [2.05, 4.69) is 29.6 Å². The number of nitrogens with zero attached hydrogens (tertiary/aromatic N) is 1. The number of fused-ring (bicyclic) bond motifs is 2. The molecule has 2 aliphatic rings. The van der Waals surface area contributed by atoms with Gasteiger partial charge in [-0.2, -0.15) is 0 Å². The van der Waals surface area contributed by atoms with Crippen LogP contribution in [0.4, 0.5) is 0 Å². The number of benzene rings is 1. The fourth-order valence-corrected chi connectivity index (χ4v) is 4.54. The van der Waals surface area contributed by atoms with E-state index < -0.39 is 0 Å². The summed E-state index contributed by atoms with van der Waals surface area (Å²) in [7, 11) is 0. The maximum atomic E-state index is 4.95. The van der Waals surface area contributed by atoms with Gasteiger partial charge in [0.1, 0.15) is 5.01 Å². The molecule has 1 aliphatic heterocycles. The maximum absolute atomic E-state index is 4.95. The van der Waals surface area contributed by atoms with Crippen LogP contribution in [-0.4, -0.2) is 11.5 Å². The highest BCUT2D eigenvalue weighted by Gasteiger charge is 2.26. The minimum atomic E-state index is 0.542. The molecule has 1 atom stereocenters. The average Bonchev–Trinajstić information content (AvgIpc) is 2.90. The van der Waals surface area contributed by atoms with Gasteiger partial charge in [0, 0.05) is 30.3 Å². The summed E-state index contributed by atoms with van der Waals surface area (Å²) in [6.45, 7) is 2.10. The van der Waals surface area contributed by atoms with Crippen LogP contribution in [0.25, 0.3) is 0 Å². The lowest BCUT2D eigenvalue weighted by atomic mass is 9.83. The summed E-state index contributed by atoms with van der Waals surface area (Å²) in [6.07, 6.45) is 4.89. The molecule has 1 aliphatic carbocycles. The molecule has 0 saturated carbocycles. The van der Waals surface area contributed by atoms with Crippen LogP contribution in [0.2, 0.25) is 0 Å². The molecule has 1 unspecified atom stereocenters. The highest BCUT2D eigenvalue weighted by atomic mass is 32.1. The van der Waals surface area contributed by atoms with Crippen LogP contribution in [0, 0.1) is 0 Å². The van der Waals surface area contributed by atoms with Gasteiger partial charge in [0.15, 0.2) is 0 Å². The lowest BCUT2D eigenvalue weighted by Crippen LogP contribution is -2.22. The molecule has 0 fully saturated rings. The lowest BCUT2D eigenvalue weighted by molar-refractivity contribution is 0.607. The number of rotatable bonds is 1. The number of hydrogen-bond acceptors (Lipinski definition) is 3. The molecular weight excluding hydrogens is 252 g/mol. The first kappa shape index (κ1) is 11.6. The Hall–Kier alpha value is -1.19. The lowest BCUT2D eigenvalue weighted by Gasteiger charge is -2.23. The van der Waals surface area contributed by atoms with E-state index in [0.29, 0.717) is 5.92 Å². The van der Waals surface area contributed by atoms with Crippen molar-refractivity contribution in [2.24, 2.45) is 0 Å². The zero-order valence-electron chi connectivity index (χ0n) is 11.0. The van der Waals surface area contributed by atoms with Gasteiger partial charge < -0.3 is 5.32 Å². The van der Waals surface area contributed by atoms with Crippen molar-refractivity contribution in [1.82, 2.24) is 10.3 Å². The van der Waals surface area contributed by atoms with Crippen molar-refractivity contribution in [1.29, 1.82) is 0 Å². The van der Waals surface area contributed by atoms with Gasteiger partial charge >= 0.3 is 0 Å². The molecule has 98 valence electrons. The zero-order valence-corrected chi connectivity index (χ0v) is 11.8. The smallest absolute Gasteiger partial charge is 0.101 e. The van der Waals surface area contributed by atoms with Gasteiger partial charge in [-0.25, -0.2) is 4.98 Å². The normalized spacial score (nSPS) is 21.8. The van der Waals surface area contributed by atoms with E-state index in [0.717, 1.165) is 19.5 Å². The van der Waals surface area contributed by atoms with Crippen molar-refractivity contribution in [3.63, 3.8) is 0 Å². The summed E-state index contributed by atoms with van der Waals surface area (Å²) in [4.78, 5) is 6.41. The Morgan fingerprint density at radius 3 is 3.11 bits per heavy atom. The summed E-state index contributed by atoms with van der Waals surface area (Å²) >= 11 is 1.93. The Bertz CT molecular complexity index is 579. The SMILES string of the molecule is c1ccc2c(c1)CCCC2c1nc2c(s1)CNCC2. The summed E-state index contributed by atoms with van der Waals surface area (Å²) in [6, 6.07) is 8.93. The Morgan fingerprint density at radius 2 is 2.16 bits per heavy atom. The third kappa shape index (κ3) is 2.01. The minimum Gasteiger partial charge on any atom is -0.311 e. The number of aryl methyl sites for hydroxylation is 1. The maximum Gasteiger partial charge on any atom is 0.101 e. The van der Waals surface area contributed by atoms with E-state index in [4.69, 9.17) is 4.98 Å². The number of aromatic nitrogens is 1. The first-order valence-electron chi connectivity index (χ1n) is 7.19. The van der Waals surface area contributed by atoms with Crippen LogP contribution >= 0.6 is 11.3 Å². The fraction of sp³-hybridized carbons (Fsp3) is 0.438. The number of hydrogen-bond donors (Lipinski definition) is 1. The van der Waals surface area contributed by atoms with E-state index >= 15 is 0 Å². The van der Waals surface area contributed by atoms with Gasteiger partial charge in [0.25, 0.3) is 0 Å². The molecule has 0 radical (unpaired) electrons. The zero-order chi connectivity index (χ0) is 12.7. The molecule has 0 amide bonds. The molecule has 0 spiro atoms. The van der Waals surface area contributed by atoms with Crippen molar-refractivity contribution in [3.8, 4) is 0 Å². The van der Waals surface area contributed by atoms with Gasteiger partial charge in [-0.1, -0.05) is 24.3 Å². The monoisotopic (exact) mass is 270 g/mol. The van der Waals surface area contributed by atoms with E-state index in [-0.39, 0.29) is 0 Å². The highest BCUT2D eigenvalue weighted by Crippen LogP contribution is 2.39. The van der Waals surface area contributed by atoms with Crippen LogP contribution in [0.1, 0.15) is 45.5 Å². The third-order valence-corrected chi connectivity index (χ3v) is 5.50. The molecule has 2 aromatic rings. The number of thiazole rings is 1. The van der Waals surface area contributed by atoms with Crippen molar-refractivity contribution in [2.75, 3.05) is 6.54 Å². The molecular formula is C16H18N2S. The molecule has 1 aromatic heterocycles. The van der Waals surface area contributed by atoms with E-state index in [9.17, 15) is 0 Å². The molecule has 2 heterocycles. The second kappa shape index (κ2) is 4.73. The summed E-state index contributed by atoms with van der Waals surface area (Å²) < 4.78 is 0. The molecule has 2 nitrogen and oxygen atoms in total. The molecule has 0 saturated heterocycles. The van der Waals surface area contributed by atoms with Crippen molar-refractivity contribution >= 4 is 11.3 Å². The van der Waals surface area contributed by atoms with Crippen LogP contribution in [0.15, 0.2) is 24.3 Å². The largest absolute Gasteiger partial charge is 0.311 e. The molecule has 1 aromatic carbocycles. The van der Waals surface area contributed by atoms with E-state index in [1.165, 1.54) is 46.0 Å². The number of nitrogens with one attached hydrogen (secondary N) is 1. The van der Waals surface area contributed by atoms with Gasteiger partial charge in [-0.15, -0.1) is 11.3 Å². The Balaban J connectivity index is 1.75. The Kier molecular flexibility index (Phi) is 2.89. The Labute approximate surface area is 117 Å². The van der Waals surface area contributed by atoms with Crippen LogP contribution in [0.5, 0.6) is 0 Å². The predicted molar refractivity (Wildman–Crippen MR) is 78.7 cm³/mol. The third-order valence-electron chi connectivity index (χ3n) is 4.29. The van der Waals surface area contributed by atoms with Crippen LogP contribution in [0.3, 0.4) is 0 Å². The van der Waals surface area contributed by atoms with Crippen LogP contribution in [-0.2, 0) is 19.4 Å². The predicted octanol–water partition coefficient (Wildman–Crippen LogP) is 3.26. The topological polar surface area (TPSA) is 24.9 Å². The highest BCUT2D eigenvalue weighted by molar-refractivity contribution is 7.11. The first-order chi connectivity index (χ1) is 9.42. The first-order valence-corrected chi connectivity index (χ1v) is 8.00. The van der Waals surface area contributed by atoms with Crippen LogP contribution < -0.4 is 5.32 Å². The molecule has 19 heavy (non-hydrogen) atoms. The minimum absolute atomic E-state index is 0.542. The second-order valence-corrected chi connectivity index (χ2v) is 6.61. The van der Waals surface area contributed by atoms with Crippen molar-refractivity contribution in [3.05, 3.63) is 51.0 Å². The quantitative estimate of drug-likeness (QED) is 0.860. The molecule has 3 heteroatoms. The molecule has 1 N–H and O–H groups in total. The molecule has 0 bridgehead atoms. The summed E-state index contributed by atoms with van der Waals surface area (Å²) in [5.74, 6) is 0.542. The molecule has 4 rings (SSSR count). The van der Waals surface area contributed by atoms with Crippen molar-refractivity contribution in [2.45, 2.75) is 38.1 Å². The van der Waals surface area contributed by atoms with E-state index in [1.54, 1.807) is 0 Å².